The number of likely N-dealkylation sites (N-methyl/N-ethyl adjacent to an activating group) is 1. The molecule has 4 aromatic rings. The van der Waals surface area contributed by atoms with E-state index >= 15 is 0 Å². The quantitative estimate of drug-likeness (QED) is 0.276. The molecule has 1 aromatic heterocycles. The number of hydrogen-bond acceptors (Lipinski definition) is 3. The maximum atomic E-state index is 13.6. The summed E-state index contributed by atoms with van der Waals surface area (Å²) in [6, 6.07) is 24.6. The van der Waals surface area contributed by atoms with E-state index in [-0.39, 0.29) is 11.8 Å². The molecule has 0 saturated heterocycles. The fraction of sp³-hybridized carbons (Fsp3) is 0.179. The molecular weight excluding hydrogens is 584 g/mol. The van der Waals surface area contributed by atoms with Crippen LogP contribution in [0.1, 0.15) is 27.2 Å². The standard InChI is InChI=1S/C28H26Br2N4O2/c1-18-6-3-9-21(12-18)24-16-26(34(33-24)17-20-8-5-11-23(30)14-20)28(36)32-25(27(35)31-2)15-19-7-4-10-22(29)13-19/h3-14,16,25H,15,17H2,1-2H3,(H,31,35)(H,32,36)/t25-/m0/s1. The Labute approximate surface area is 227 Å². The molecule has 0 aliphatic carbocycles. The molecule has 1 heterocycles. The van der Waals surface area contributed by atoms with E-state index in [2.05, 4.69) is 42.5 Å². The molecule has 0 bridgehead atoms. The van der Waals surface area contributed by atoms with Gasteiger partial charge in [-0.1, -0.05) is 79.9 Å². The summed E-state index contributed by atoms with van der Waals surface area (Å²) >= 11 is 6.98. The molecule has 4 rings (SSSR count). The minimum absolute atomic E-state index is 0.264. The highest BCUT2D eigenvalue weighted by Gasteiger charge is 2.24. The van der Waals surface area contributed by atoms with Crippen LogP contribution in [-0.2, 0) is 17.8 Å². The zero-order valence-corrected chi connectivity index (χ0v) is 23.1. The fourth-order valence-electron chi connectivity index (χ4n) is 3.99. The molecular formula is C28H26Br2N4O2. The summed E-state index contributed by atoms with van der Waals surface area (Å²) in [5.74, 6) is -0.625. The van der Waals surface area contributed by atoms with Crippen molar-refractivity contribution < 1.29 is 9.59 Å². The molecule has 6 nitrogen and oxygen atoms in total. The van der Waals surface area contributed by atoms with Crippen molar-refractivity contribution in [2.75, 3.05) is 7.05 Å². The minimum atomic E-state index is -0.742. The Morgan fingerprint density at radius 2 is 1.58 bits per heavy atom. The molecule has 8 heteroatoms. The number of benzene rings is 3. The summed E-state index contributed by atoms with van der Waals surface area (Å²) in [6.07, 6.45) is 0.357. The second-order valence-corrected chi connectivity index (χ2v) is 10.4. The molecule has 0 saturated carbocycles. The Kier molecular flexibility index (Phi) is 8.38. The minimum Gasteiger partial charge on any atom is -0.357 e. The third kappa shape index (κ3) is 6.50. The lowest BCUT2D eigenvalue weighted by Gasteiger charge is -2.18. The number of hydrogen-bond donors (Lipinski definition) is 2. The highest BCUT2D eigenvalue weighted by molar-refractivity contribution is 9.10. The summed E-state index contributed by atoms with van der Waals surface area (Å²) in [6.45, 7) is 2.43. The molecule has 0 spiro atoms. The number of nitrogens with one attached hydrogen (secondary N) is 2. The van der Waals surface area contributed by atoms with Gasteiger partial charge in [-0.05, 0) is 54.4 Å². The number of aryl methyl sites for hydroxylation is 1. The van der Waals surface area contributed by atoms with Crippen molar-refractivity contribution in [2.45, 2.75) is 25.9 Å². The van der Waals surface area contributed by atoms with Gasteiger partial charge in [-0.25, -0.2) is 0 Å². The van der Waals surface area contributed by atoms with Crippen LogP contribution in [0.3, 0.4) is 0 Å². The number of amides is 2. The monoisotopic (exact) mass is 608 g/mol. The first kappa shape index (κ1) is 25.9. The van der Waals surface area contributed by atoms with Crippen LogP contribution in [0, 0.1) is 6.92 Å². The molecule has 3 aromatic carbocycles. The van der Waals surface area contributed by atoms with Gasteiger partial charge in [0.15, 0.2) is 0 Å². The first-order valence-corrected chi connectivity index (χ1v) is 13.1. The van der Waals surface area contributed by atoms with E-state index in [0.29, 0.717) is 24.4 Å². The second kappa shape index (κ2) is 11.7. The third-order valence-electron chi connectivity index (χ3n) is 5.74. The molecule has 0 fully saturated rings. The number of aromatic nitrogens is 2. The molecule has 2 N–H and O–H groups in total. The highest BCUT2D eigenvalue weighted by atomic mass is 79.9. The van der Waals surface area contributed by atoms with Gasteiger partial charge in [-0.2, -0.15) is 5.10 Å². The second-order valence-electron chi connectivity index (χ2n) is 8.55. The van der Waals surface area contributed by atoms with Gasteiger partial charge in [0.1, 0.15) is 11.7 Å². The number of carbonyl (C=O) groups is 2. The number of halogens is 2. The van der Waals surface area contributed by atoms with Gasteiger partial charge in [-0.3, -0.25) is 14.3 Å². The SMILES string of the molecule is CNC(=O)[C@H](Cc1cccc(Br)c1)NC(=O)c1cc(-c2cccc(C)c2)nn1Cc1cccc(Br)c1. The Hall–Kier alpha value is -3.23. The van der Waals surface area contributed by atoms with Crippen LogP contribution in [0.15, 0.2) is 87.8 Å². The Morgan fingerprint density at radius 3 is 2.25 bits per heavy atom. The lowest BCUT2D eigenvalue weighted by Crippen LogP contribution is -2.47. The highest BCUT2D eigenvalue weighted by Crippen LogP contribution is 2.22. The predicted molar refractivity (Wildman–Crippen MR) is 149 cm³/mol. The lowest BCUT2D eigenvalue weighted by atomic mass is 10.0. The maximum Gasteiger partial charge on any atom is 0.270 e. The summed E-state index contributed by atoms with van der Waals surface area (Å²) in [5.41, 5.74) is 5.04. The van der Waals surface area contributed by atoms with Gasteiger partial charge in [-0.15, -0.1) is 0 Å². The van der Waals surface area contributed by atoms with Gasteiger partial charge in [0, 0.05) is 28.0 Å². The molecule has 0 radical (unpaired) electrons. The van der Waals surface area contributed by atoms with Crippen LogP contribution in [0.5, 0.6) is 0 Å². The van der Waals surface area contributed by atoms with Gasteiger partial charge in [0.2, 0.25) is 5.91 Å². The molecule has 0 aliphatic rings. The Morgan fingerprint density at radius 1 is 0.917 bits per heavy atom. The summed E-state index contributed by atoms with van der Waals surface area (Å²) in [7, 11) is 1.57. The summed E-state index contributed by atoms with van der Waals surface area (Å²) < 4.78 is 3.55. The largest absolute Gasteiger partial charge is 0.357 e. The van der Waals surface area contributed by atoms with E-state index < -0.39 is 6.04 Å². The van der Waals surface area contributed by atoms with Crippen LogP contribution >= 0.6 is 31.9 Å². The van der Waals surface area contributed by atoms with E-state index in [1.165, 1.54) is 0 Å². The summed E-state index contributed by atoms with van der Waals surface area (Å²) in [5, 5.41) is 10.4. The Bertz CT molecular complexity index is 1400. The van der Waals surface area contributed by atoms with Crippen LogP contribution in [0.2, 0.25) is 0 Å². The van der Waals surface area contributed by atoms with Crippen molar-refractivity contribution in [3.63, 3.8) is 0 Å². The lowest BCUT2D eigenvalue weighted by molar-refractivity contribution is -0.122. The molecule has 0 unspecified atom stereocenters. The summed E-state index contributed by atoms with van der Waals surface area (Å²) in [4.78, 5) is 26.2. The normalized spacial score (nSPS) is 11.7. The average Bonchev–Trinajstić information content (AvgIpc) is 3.27. The molecule has 1 atom stereocenters. The van der Waals surface area contributed by atoms with Crippen LogP contribution < -0.4 is 10.6 Å². The van der Waals surface area contributed by atoms with E-state index in [9.17, 15) is 9.59 Å². The van der Waals surface area contributed by atoms with E-state index in [4.69, 9.17) is 5.10 Å². The molecule has 36 heavy (non-hydrogen) atoms. The van der Waals surface area contributed by atoms with E-state index in [1.54, 1.807) is 17.8 Å². The first-order valence-electron chi connectivity index (χ1n) is 11.5. The van der Waals surface area contributed by atoms with Crippen LogP contribution in [-0.4, -0.2) is 34.7 Å². The van der Waals surface area contributed by atoms with E-state index in [0.717, 1.165) is 31.2 Å². The van der Waals surface area contributed by atoms with Crippen molar-refractivity contribution in [3.8, 4) is 11.3 Å². The van der Waals surface area contributed by atoms with Crippen molar-refractivity contribution >= 4 is 43.7 Å². The first-order chi connectivity index (χ1) is 17.3. The average molecular weight is 610 g/mol. The van der Waals surface area contributed by atoms with E-state index in [1.807, 2.05) is 79.7 Å². The Balaban J connectivity index is 1.67. The number of rotatable bonds is 8. The maximum absolute atomic E-state index is 13.6. The van der Waals surface area contributed by atoms with Gasteiger partial charge < -0.3 is 10.6 Å². The van der Waals surface area contributed by atoms with Gasteiger partial charge in [0.05, 0.1) is 12.2 Å². The topological polar surface area (TPSA) is 76.0 Å². The molecule has 184 valence electrons. The smallest absolute Gasteiger partial charge is 0.270 e. The third-order valence-corrected chi connectivity index (χ3v) is 6.73. The van der Waals surface area contributed by atoms with Crippen LogP contribution in [0.25, 0.3) is 11.3 Å². The van der Waals surface area contributed by atoms with Crippen molar-refractivity contribution in [1.29, 1.82) is 0 Å². The number of carbonyl (C=O) groups excluding carboxylic acids is 2. The van der Waals surface area contributed by atoms with Crippen molar-refractivity contribution in [1.82, 2.24) is 20.4 Å². The van der Waals surface area contributed by atoms with Crippen LogP contribution in [0.4, 0.5) is 0 Å². The molecule has 0 aliphatic heterocycles. The van der Waals surface area contributed by atoms with Crippen molar-refractivity contribution in [2.24, 2.45) is 0 Å². The van der Waals surface area contributed by atoms with Gasteiger partial charge >= 0.3 is 0 Å². The zero-order chi connectivity index (χ0) is 25.7. The molecule has 2 amide bonds. The fourth-order valence-corrected chi connectivity index (χ4v) is 4.88. The number of nitrogens with zero attached hydrogens (tertiary/aromatic N) is 2. The van der Waals surface area contributed by atoms with Crippen molar-refractivity contribution in [3.05, 3.63) is 110 Å². The van der Waals surface area contributed by atoms with Gasteiger partial charge in [0.25, 0.3) is 5.91 Å². The zero-order valence-electron chi connectivity index (χ0n) is 20.0. The predicted octanol–water partition coefficient (Wildman–Crippen LogP) is 5.52.